The van der Waals surface area contributed by atoms with Crippen molar-refractivity contribution in [1.29, 1.82) is 0 Å². The molecule has 18 heavy (non-hydrogen) atoms. The fourth-order valence-electron chi connectivity index (χ4n) is 1.79. The molecule has 2 rings (SSSR count). The average molecular weight is 251 g/mol. The first kappa shape index (κ1) is 12.7. The topological polar surface area (TPSA) is 67.8 Å². The van der Waals surface area contributed by atoms with E-state index in [1.54, 1.807) is 18.2 Å². The van der Waals surface area contributed by atoms with Gasteiger partial charge in [0.2, 0.25) is 0 Å². The molecular weight excluding hydrogens is 234 g/mol. The minimum absolute atomic E-state index is 0.0748. The number of nitrogens with one attached hydrogen (secondary N) is 1. The van der Waals surface area contributed by atoms with E-state index >= 15 is 0 Å². The van der Waals surface area contributed by atoms with E-state index in [0.29, 0.717) is 36.7 Å². The molecule has 0 aromatic heterocycles. The van der Waals surface area contributed by atoms with Crippen molar-refractivity contribution in [2.45, 2.75) is 19.4 Å². The summed E-state index contributed by atoms with van der Waals surface area (Å²) in [7, 11) is 0. The van der Waals surface area contributed by atoms with Crippen molar-refractivity contribution in [3.63, 3.8) is 0 Å². The summed E-state index contributed by atoms with van der Waals surface area (Å²) in [6, 6.07) is 4.97. The number of para-hydroxylation sites is 1. The lowest BCUT2D eigenvalue weighted by Crippen LogP contribution is -2.37. The van der Waals surface area contributed by atoms with Gasteiger partial charge < -0.3 is 19.9 Å². The van der Waals surface area contributed by atoms with Gasteiger partial charge in [0.05, 0.1) is 18.2 Å². The first-order valence-corrected chi connectivity index (χ1v) is 6.06. The number of ether oxygens (including phenoxy) is 2. The number of hydrogen-bond acceptors (Lipinski definition) is 4. The molecule has 1 aromatic carbocycles. The first-order valence-electron chi connectivity index (χ1n) is 6.06. The minimum Gasteiger partial charge on any atom is -0.486 e. The molecule has 1 aliphatic rings. The number of fused-ring (bicyclic) bond motifs is 1. The molecule has 0 radical (unpaired) electrons. The van der Waals surface area contributed by atoms with Crippen LogP contribution in [-0.2, 0) is 0 Å². The maximum Gasteiger partial charge on any atom is 0.255 e. The Kier molecular flexibility index (Phi) is 4.04. The molecule has 0 bridgehead atoms. The number of benzene rings is 1. The highest BCUT2D eigenvalue weighted by Crippen LogP contribution is 2.33. The third-order valence-corrected chi connectivity index (χ3v) is 2.86. The Morgan fingerprint density at radius 1 is 1.44 bits per heavy atom. The van der Waals surface area contributed by atoms with Crippen molar-refractivity contribution in [1.82, 2.24) is 5.32 Å². The molecule has 0 aliphatic carbocycles. The van der Waals surface area contributed by atoms with Crippen LogP contribution in [0.1, 0.15) is 23.7 Å². The van der Waals surface area contributed by atoms with Gasteiger partial charge in [0, 0.05) is 0 Å². The molecule has 1 atom stereocenters. The number of aliphatic hydroxyl groups excluding tert-OH is 1. The van der Waals surface area contributed by atoms with Gasteiger partial charge in [0.25, 0.3) is 5.91 Å². The predicted octanol–water partition coefficient (Wildman–Crippen LogP) is 0.959. The van der Waals surface area contributed by atoms with Crippen LogP contribution in [0.2, 0.25) is 0 Å². The van der Waals surface area contributed by atoms with Gasteiger partial charge in [-0.15, -0.1) is 0 Å². The number of rotatable bonds is 4. The summed E-state index contributed by atoms with van der Waals surface area (Å²) in [4.78, 5) is 12.1. The van der Waals surface area contributed by atoms with Crippen LogP contribution in [0.3, 0.4) is 0 Å². The Morgan fingerprint density at radius 2 is 2.22 bits per heavy atom. The van der Waals surface area contributed by atoms with Crippen molar-refractivity contribution in [3.8, 4) is 11.5 Å². The lowest BCUT2D eigenvalue weighted by Gasteiger charge is -2.21. The molecule has 1 aliphatic heterocycles. The molecule has 1 amide bonds. The Balaban J connectivity index is 2.20. The second kappa shape index (κ2) is 5.73. The van der Waals surface area contributed by atoms with Crippen molar-refractivity contribution >= 4 is 5.91 Å². The SMILES string of the molecule is CCC(CO)NC(=O)c1cccc2c1OCCO2. The largest absolute Gasteiger partial charge is 0.486 e. The van der Waals surface area contributed by atoms with Crippen LogP contribution in [0.4, 0.5) is 0 Å². The third-order valence-electron chi connectivity index (χ3n) is 2.86. The standard InChI is InChI=1S/C13H17NO4/c1-2-9(8-15)14-13(16)10-4-3-5-11-12(10)18-7-6-17-11/h3-5,9,15H,2,6-8H2,1H3,(H,14,16). The molecule has 0 saturated heterocycles. The fourth-order valence-corrected chi connectivity index (χ4v) is 1.79. The Bertz CT molecular complexity index is 429. The maximum atomic E-state index is 12.1. The molecule has 0 spiro atoms. The molecule has 5 nitrogen and oxygen atoms in total. The lowest BCUT2D eigenvalue weighted by molar-refractivity contribution is 0.0904. The molecule has 1 unspecified atom stereocenters. The molecule has 0 fully saturated rings. The van der Waals surface area contributed by atoms with Gasteiger partial charge >= 0.3 is 0 Å². The van der Waals surface area contributed by atoms with Gasteiger partial charge in [-0.3, -0.25) is 4.79 Å². The summed E-state index contributed by atoms with van der Waals surface area (Å²) in [5.41, 5.74) is 0.444. The summed E-state index contributed by atoms with van der Waals surface area (Å²) in [5.74, 6) is 0.818. The third kappa shape index (κ3) is 2.56. The lowest BCUT2D eigenvalue weighted by atomic mass is 10.1. The molecule has 0 saturated carbocycles. The van der Waals surface area contributed by atoms with Crippen LogP contribution < -0.4 is 14.8 Å². The zero-order chi connectivity index (χ0) is 13.0. The number of carbonyl (C=O) groups is 1. The highest BCUT2D eigenvalue weighted by Gasteiger charge is 2.21. The van der Waals surface area contributed by atoms with Crippen molar-refractivity contribution in [2.75, 3.05) is 19.8 Å². The van der Waals surface area contributed by atoms with Crippen LogP contribution in [0.15, 0.2) is 18.2 Å². The summed E-state index contributed by atoms with van der Waals surface area (Å²) < 4.78 is 10.9. The van der Waals surface area contributed by atoms with E-state index in [4.69, 9.17) is 14.6 Å². The Labute approximate surface area is 106 Å². The summed E-state index contributed by atoms with van der Waals surface area (Å²) in [6.07, 6.45) is 0.675. The van der Waals surface area contributed by atoms with Crippen LogP contribution in [0.5, 0.6) is 11.5 Å². The summed E-state index contributed by atoms with van der Waals surface area (Å²) in [6.45, 7) is 2.76. The van der Waals surface area contributed by atoms with Crippen LogP contribution in [0.25, 0.3) is 0 Å². The van der Waals surface area contributed by atoms with Crippen molar-refractivity contribution in [3.05, 3.63) is 23.8 Å². The van der Waals surface area contributed by atoms with E-state index in [2.05, 4.69) is 5.32 Å². The molecule has 98 valence electrons. The van der Waals surface area contributed by atoms with E-state index in [9.17, 15) is 4.79 Å². The molecule has 2 N–H and O–H groups in total. The second-order valence-corrected chi connectivity index (χ2v) is 4.09. The van der Waals surface area contributed by atoms with Gasteiger partial charge in [-0.25, -0.2) is 0 Å². The predicted molar refractivity (Wildman–Crippen MR) is 66.1 cm³/mol. The van der Waals surface area contributed by atoms with Crippen molar-refractivity contribution < 1.29 is 19.4 Å². The van der Waals surface area contributed by atoms with Crippen LogP contribution >= 0.6 is 0 Å². The highest BCUT2D eigenvalue weighted by molar-refractivity contribution is 5.98. The zero-order valence-electron chi connectivity index (χ0n) is 10.3. The van der Waals surface area contributed by atoms with Gasteiger partial charge in [-0.05, 0) is 18.6 Å². The van der Waals surface area contributed by atoms with Gasteiger partial charge in [0.15, 0.2) is 11.5 Å². The van der Waals surface area contributed by atoms with E-state index in [1.165, 1.54) is 0 Å². The molecular formula is C13H17NO4. The maximum absolute atomic E-state index is 12.1. The number of aliphatic hydroxyl groups is 1. The number of carbonyl (C=O) groups excluding carboxylic acids is 1. The first-order chi connectivity index (χ1) is 8.76. The number of hydrogen-bond donors (Lipinski definition) is 2. The van der Waals surface area contributed by atoms with E-state index in [1.807, 2.05) is 6.92 Å². The van der Waals surface area contributed by atoms with Crippen LogP contribution in [0, 0.1) is 0 Å². The van der Waals surface area contributed by atoms with E-state index < -0.39 is 0 Å². The van der Waals surface area contributed by atoms with Crippen molar-refractivity contribution in [2.24, 2.45) is 0 Å². The summed E-state index contributed by atoms with van der Waals surface area (Å²) in [5, 5.41) is 11.8. The van der Waals surface area contributed by atoms with Gasteiger partial charge in [0.1, 0.15) is 13.2 Å². The molecule has 5 heteroatoms. The summed E-state index contributed by atoms with van der Waals surface area (Å²) >= 11 is 0. The van der Waals surface area contributed by atoms with Gasteiger partial charge in [-0.1, -0.05) is 13.0 Å². The zero-order valence-corrected chi connectivity index (χ0v) is 10.3. The quantitative estimate of drug-likeness (QED) is 0.836. The highest BCUT2D eigenvalue weighted by atomic mass is 16.6. The monoisotopic (exact) mass is 251 g/mol. The average Bonchev–Trinajstić information content (AvgIpc) is 2.43. The smallest absolute Gasteiger partial charge is 0.255 e. The van der Waals surface area contributed by atoms with E-state index in [-0.39, 0.29) is 18.6 Å². The number of amides is 1. The minimum atomic E-state index is -0.252. The Morgan fingerprint density at radius 3 is 2.94 bits per heavy atom. The molecule has 1 aromatic rings. The normalized spacial score (nSPS) is 15.0. The van der Waals surface area contributed by atoms with Gasteiger partial charge in [-0.2, -0.15) is 0 Å². The van der Waals surface area contributed by atoms with Crippen LogP contribution in [-0.4, -0.2) is 36.9 Å². The van der Waals surface area contributed by atoms with E-state index in [0.717, 1.165) is 0 Å². The Hall–Kier alpha value is -1.75. The molecule has 1 heterocycles. The fraction of sp³-hybridized carbons (Fsp3) is 0.462. The second-order valence-electron chi connectivity index (χ2n) is 4.09.